The maximum absolute atomic E-state index is 11.9. The van der Waals surface area contributed by atoms with Crippen molar-refractivity contribution >= 4 is 5.91 Å². The number of aryl methyl sites for hydroxylation is 1. The molecule has 1 N–H and O–H groups in total. The quantitative estimate of drug-likeness (QED) is 0.785. The molecule has 0 radical (unpaired) electrons. The maximum atomic E-state index is 11.9. The molecule has 100 valence electrons. The Kier molecular flexibility index (Phi) is 4.19. The van der Waals surface area contributed by atoms with Gasteiger partial charge in [-0.2, -0.15) is 0 Å². The molecule has 0 spiro atoms. The van der Waals surface area contributed by atoms with Crippen LogP contribution in [-0.2, 0) is 4.74 Å². The first-order valence-corrected chi connectivity index (χ1v) is 5.83. The number of benzene rings is 1. The van der Waals surface area contributed by atoms with E-state index in [1.807, 2.05) is 13.0 Å². The lowest BCUT2D eigenvalue weighted by Crippen LogP contribution is -2.27. The van der Waals surface area contributed by atoms with E-state index in [1.165, 1.54) is 6.33 Å². The number of amides is 1. The zero-order valence-corrected chi connectivity index (χ0v) is 10.8. The summed E-state index contributed by atoms with van der Waals surface area (Å²) in [6.45, 7) is 2.89. The van der Waals surface area contributed by atoms with E-state index in [0.717, 1.165) is 11.3 Å². The Morgan fingerprint density at radius 2 is 2.32 bits per heavy atom. The van der Waals surface area contributed by atoms with Gasteiger partial charge in [-0.15, -0.1) is 5.10 Å². The second-order valence-corrected chi connectivity index (χ2v) is 4.00. The normalized spacial score (nSPS) is 10.4. The number of nitrogens with zero attached hydrogens (tertiary/aromatic N) is 4. The molecule has 0 fully saturated rings. The molecule has 2 aromatic rings. The van der Waals surface area contributed by atoms with Crippen molar-refractivity contribution in [2.24, 2.45) is 0 Å². The number of tetrazole rings is 1. The fourth-order valence-corrected chi connectivity index (χ4v) is 1.69. The van der Waals surface area contributed by atoms with E-state index in [-0.39, 0.29) is 5.91 Å². The molecule has 0 aliphatic carbocycles. The highest BCUT2D eigenvalue weighted by atomic mass is 16.5. The molecule has 19 heavy (non-hydrogen) atoms. The highest BCUT2D eigenvalue weighted by Crippen LogP contribution is 2.14. The van der Waals surface area contributed by atoms with Crippen LogP contribution in [0.1, 0.15) is 15.9 Å². The molecule has 0 saturated heterocycles. The first kappa shape index (κ1) is 13.2. The molecule has 0 saturated carbocycles. The number of carbonyl (C=O) groups is 1. The van der Waals surface area contributed by atoms with Crippen molar-refractivity contribution in [1.82, 2.24) is 25.5 Å². The second-order valence-electron chi connectivity index (χ2n) is 4.00. The Morgan fingerprint density at radius 1 is 1.47 bits per heavy atom. The fraction of sp³-hybridized carbons (Fsp3) is 0.333. The van der Waals surface area contributed by atoms with E-state index >= 15 is 0 Å². The summed E-state index contributed by atoms with van der Waals surface area (Å²) in [4.78, 5) is 11.9. The van der Waals surface area contributed by atoms with Crippen LogP contribution in [0, 0.1) is 6.92 Å². The van der Waals surface area contributed by atoms with Crippen molar-refractivity contribution < 1.29 is 9.53 Å². The Labute approximate surface area is 110 Å². The van der Waals surface area contributed by atoms with Gasteiger partial charge < -0.3 is 10.1 Å². The molecule has 7 nitrogen and oxygen atoms in total. The van der Waals surface area contributed by atoms with Crippen LogP contribution in [0.2, 0.25) is 0 Å². The molecule has 1 aromatic heterocycles. The number of carbonyl (C=O) groups excluding carboxylic acids is 1. The summed E-state index contributed by atoms with van der Waals surface area (Å²) in [7, 11) is 1.59. The van der Waals surface area contributed by atoms with Crippen LogP contribution in [0.15, 0.2) is 24.5 Å². The van der Waals surface area contributed by atoms with Crippen LogP contribution >= 0.6 is 0 Å². The second kappa shape index (κ2) is 6.05. The molecular weight excluding hydrogens is 246 g/mol. The lowest BCUT2D eigenvalue weighted by atomic mass is 10.1. The van der Waals surface area contributed by atoms with E-state index in [1.54, 1.807) is 23.9 Å². The van der Waals surface area contributed by atoms with Gasteiger partial charge in [-0.1, -0.05) is 0 Å². The number of ether oxygens (including phenoxy) is 1. The number of hydrogen-bond donors (Lipinski definition) is 1. The predicted octanol–water partition coefficient (Wildman–Crippen LogP) is 0.347. The highest BCUT2D eigenvalue weighted by Gasteiger charge is 2.08. The topological polar surface area (TPSA) is 81.9 Å². The predicted molar refractivity (Wildman–Crippen MR) is 68.1 cm³/mol. The van der Waals surface area contributed by atoms with Gasteiger partial charge in [-0.3, -0.25) is 4.79 Å². The number of rotatable bonds is 5. The summed E-state index contributed by atoms with van der Waals surface area (Å²) in [6, 6.07) is 5.36. The van der Waals surface area contributed by atoms with Crippen molar-refractivity contribution in [1.29, 1.82) is 0 Å². The summed E-state index contributed by atoms with van der Waals surface area (Å²) in [6.07, 6.45) is 1.51. The zero-order valence-electron chi connectivity index (χ0n) is 10.8. The molecule has 2 rings (SSSR count). The van der Waals surface area contributed by atoms with Gasteiger partial charge >= 0.3 is 0 Å². The number of aromatic nitrogens is 4. The van der Waals surface area contributed by atoms with Crippen LogP contribution in [-0.4, -0.2) is 46.4 Å². The van der Waals surface area contributed by atoms with E-state index in [2.05, 4.69) is 20.8 Å². The van der Waals surface area contributed by atoms with Crippen molar-refractivity contribution in [2.45, 2.75) is 6.92 Å². The Balaban J connectivity index is 2.13. The van der Waals surface area contributed by atoms with Crippen LogP contribution in [0.25, 0.3) is 5.69 Å². The average Bonchev–Trinajstić information content (AvgIpc) is 2.92. The highest BCUT2D eigenvalue weighted by molar-refractivity contribution is 5.94. The monoisotopic (exact) mass is 261 g/mol. The van der Waals surface area contributed by atoms with Crippen LogP contribution < -0.4 is 5.32 Å². The molecule has 1 amide bonds. The molecule has 0 atom stereocenters. The molecule has 0 unspecified atom stereocenters. The van der Waals surface area contributed by atoms with Crippen molar-refractivity contribution in [3.8, 4) is 5.69 Å². The number of hydrogen-bond acceptors (Lipinski definition) is 5. The average molecular weight is 261 g/mol. The summed E-state index contributed by atoms with van der Waals surface area (Å²) in [5.41, 5.74) is 2.37. The standard InChI is InChI=1S/C12H15N5O2/c1-9-7-10(12(18)13-5-6-19-2)3-4-11(9)17-8-14-15-16-17/h3-4,7-8H,5-6H2,1-2H3,(H,13,18). The fourth-order valence-electron chi connectivity index (χ4n) is 1.69. The van der Waals surface area contributed by atoms with E-state index in [4.69, 9.17) is 4.74 Å². The molecule has 0 bridgehead atoms. The lowest BCUT2D eigenvalue weighted by Gasteiger charge is -2.08. The first-order chi connectivity index (χ1) is 9.22. The molecule has 7 heteroatoms. The zero-order chi connectivity index (χ0) is 13.7. The van der Waals surface area contributed by atoms with Gasteiger partial charge in [0.25, 0.3) is 5.91 Å². The first-order valence-electron chi connectivity index (χ1n) is 5.83. The minimum absolute atomic E-state index is 0.122. The van der Waals surface area contributed by atoms with Gasteiger partial charge in [0.2, 0.25) is 0 Å². The summed E-state index contributed by atoms with van der Waals surface area (Å²) in [5.74, 6) is -0.122. The maximum Gasteiger partial charge on any atom is 0.251 e. The van der Waals surface area contributed by atoms with E-state index < -0.39 is 0 Å². The minimum atomic E-state index is -0.122. The van der Waals surface area contributed by atoms with Crippen LogP contribution in [0.3, 0.4) is 0 Å². The SMILES string of the molecule is COCCNC(=O)c1ccc(-n2cnnn2)c(C)c1. The largest absolute Gasteiger partial charge is 0.383 e. The van der Waals surface area contributed by atoms with Gasteiger partial charge in [0.05, 0.1) is 12.3 Å². The number of methoxy groups -OCH3 is 1. The summed E-state index contributed by atoms with van der Waals surface area (Å²) in [5, 5.41) is 13.8. The Bertz CT molecular complexity index is 553. The lowest BCUT2D eigenvalue weighted by molar-refractivity contribution is 0.0937. The molecule has 1 aromatic carbocycles. The minimum Gasteiger partial charge on any atom is -0.383 e. The third kappa shape index (κ3) is 3.14. The molecule has 0 aliphatic heterocycles. The summed E-state index contributed by atoms with van der Waals surface area (Å²) < 4.78 is 6.44. The van der Waals surface area contributed by atoms with Gasteiger partial charge in [0.15, 0.2) is 0 Å². The van der Waals surface area contributed by atoms with Crippen molar-refractivity contribution in [3.63, 3.8) is 0 Å². The van der Waals surface area contributed by atoms with Crippen molar-refractivity contribution in [2.75, 3.05) is 20.3 Å². The number of nitrogens with one attached hydrogen (secondary N) is 1. The molecule has 0 aliphatic rings. The van der Waals surface area contributed by atoms with Gasteiger partial charge in [0, 0.05) is 19.2 Å². The van der Waals surface area contributed by atoms with Gasteiger partial charge in [-0.25, -0.2) is 4.68 Å². The molecule has 1 heterocycles. The van der Waals surface area contributed by atoms with Gasteiger partial charge in [0.1, 0.15) is 6.33 Å². The smallest absolute Gasteiger partial charge is 0.251 e. The van der Waals surface area contributed by atoms with Crippen LogP contribution in [0.5, 0.6) is 0 Å². The van der Waals surface area contributed by atoms with E-state index in [0.29, 0.717) is 18.7 Å². The summed E-state index contributed by atoms with van der Waals surface area (Å²) >= 11 is 0. The third-order valence-corrected chi connectivity index (χ3v) is 2.65. The Hall–Kier alpha value is -2.28. The molecular formula is C12H15N5O2. The van der Waals surface area contributed by atoms with Crippen LogP contribution in [0.4, 0.5) is 0 Å². The Morgan fingerprint density at radius 3 is 2.95 bits per heavy atom. The van der Waals surface area contributed by atoms with Gasteiger partial charge in [-0.05, 0) is 41.1 Å². The van der Waals surface area contributed by atoms with E-state index in [9.17, 15) is 4.79 Å². The third-order valence-electron chi connectivity index (χ3n) is 2.65. The van der Waals surface area contributed by atoms with Crippen molar-refractivity contribution in [3.05, 3.63) is 35.7 Å².